The van der Waals surface area contributed by atoms with E-state index in [0.717, 1.165) is 19.3 Å². The molecule has 0 unspecified atom stereocenters. The molecule has 0 heterocycles. The van der Waals surface area contributed by atoms with Crippen LogP contribution in [0.25, 0.3) is 0 Å². The summed E-state index contributed by atoms with van der Waals surface area (Å²) in [4.78, 5) is 14.0. The molecule has 1 N–H and O–H groups in total. The molecule has 18 heavy (non-hydrogen) atoms. The van der Waals surface area contributed by atoms with Crippen LogP contribution in [0.5, 0.6) is 0 Å². The topological polar surface area (TPSA) is 40.5 Å². The van der Waals surface area contributed by atoms with Gasteiger partial charge < -0.3 is 10.0 Å². The third-order valence-electron chi connectivity index (χ3n) is 3.65. The minimum Gasteiger partial charge on any atom is -0.395 e. The van der Waals surface area contributed by atoms with Crippen LogP contribution in [-0.2, 0) is 11.2 Å². The van der Waals surface area contributed by atoms with Crippen molar-refractivity contribution in [3.05, 3.63) is 35.9 Å². The van der Waals surface area contributed by atoms with E-state index in [1.807, 2.05) is 35.2 Å². The summed E-state index contributed by atoms with van der Waals surface area (Å²) in [6, 6.07) is 10.5. The van der Waals surface area contributed by atoms with Crippen LogP contribution in [0.4, 0.5) is 0 Å². The smallest absolute Gasteiger partial charge is 0.223 e. The Balaban J connectivity index is 1.85. The van der Waals surface area contributed by atoms with E-state index in [-0.39, 0.29) is 12.5 Å². The molecule has 0 saturated heterocycles. The van der Waals surface area contributed by atoms with Crippen molar-refractivity contribution in [2.45, 2.75) is 38.1 Å². The van der Waals surface area contributed by atoms with Crippen LogP contribution in [0.1, 0.15) is 31.2 Å². The zero-order valence-electron chi connectivity index (χ0n) is 10.7. The Hall–Kier alpha value is -1.35. The SMILES string of the molecule is O=C(CCc1ccccc1)N(CCO)C1CCC1. The molecule has 1 aromatic rings. The van der Waals surface area contributed by atoms with Gasteiger partial charge in [-0.25, -0.2) is 0 Å². The van der Waals surface area contributed by atoms with Crippen molar-refractivity contribution in [1.82, 2.24) is 4.90 Å². The third kappa shape index (κ3) is 3.33. The number of hydrogen-bond donors (Lipinski definition) is 1. The molecule has 0 atom stereocenters. The monoisotopic (exact) mass is 247 g/mol. The number of amides is 1. The lowest BCUT2D eigenvalue weighted by Gasteiger charge is -2.37. The predicted octanol–water partition coefficient (Wildman–Crippen LogP) is 1.99. The minimum atomic E-state index is 0.0631. The fraction of sp³-hybridized carbons (Fsp3) is 0.533. The third-order valence-corrected chi connectivity index (χ3v) is 3.65. The Morgan fingerprint density at radius 1 is 1.28 bits per heavy atom. The highest BCUT2D eigenvalue weighted by Crippen LogP contribution is 2.25. The highest BCUT2D eigenvalue weighted by molar-refractivity contribution is 5.77. The molecule has 1 aromatic carbocycles. The van der Waals surface area contributed by atoms with Gasteiger partial charge in [0.15, 0.2) is 0 Å². The molecule has 0 aliphatic heterocycles. The number of carbonyl (C=O) groups is 1. The highest BCUT2D eigenvalue weighted by Gasteiger charge is 2.27. The van der Waals surface area contributed by atoms with Crippen LogP contribution in [0, 0.1) is 0 Å². The fourth-order valence-electron chi connectivity index (χ4n) is 2.36. The number of aliphatic hydroxyl groups excluding tert-OH is 1. The second kappa shape index (κ2) is 6.55. The van der Waals surface area contributed by atoms with Gasteiger partial charge >= 0.3 is 0 Å². The number of aryl methyl sites for hydroxylation is 1. The van der Waals surface area contributed by atoms with Gasteiger partial charge in [-0.15, -0.1) is 0 Å². The van der Waals surface area contributed by atoms with Gasteiger partial charge in [0.2, 0.25) is 5.91 Å². The molecule has 3 heteroatoms. The lowest BCUT2D eigenvalue weighted by atomic mass is 9.91. The second-order valence-electron chi connectivity index (χ2n) is 4.88. The molecule has 3 nitrogen and oxygen atoms in total. The summed E-state index contributed by atoms with van der Waals surface area (Å²) >= 11 is 0. The summed E-state index contributed by atoms with van der Waals surface area (Å²) in [6.45, 7) is 0.547. The second-order valence-corrected chi connectivity index (χ2v) is 4.88. The molecule has 1 aliphatic rings. The first-order valence-corrected chi connectivity index (χ1v) is 6.75. The Labute approximate surface area is 108 Å². The van der Waals surface area contributed by atoms with E-state index < -0.39 is 0 Å². The minimum absolute atomic E-state index is 0.0631. The molecular formula is C15H21NO2. The summed E-state index contributed by atoms with van der Waals surface area (Å²) in [5, 5.41) is 9.05. The van der Waals surface area contributed by atoms with Crippen LogP contribution >= 0.6 is 0 Å². The Kier molecular flexibility index (Phi) is 4.76. The van der Waals surface area contributed by atoms with Crippen LogP contribution in [0.15, 0.2) is 30.3 Å². The maximum absolute atomic E-state index is 12.2. The van der Waals surface area contributed by atoms with E-state index in [0.29, 0.717) is 19.0 Å². The molecule has 2 rings (SSSR count). The number of rotatable bonds is 6. The first-order valence-electron chi connectivity index (χ1n) is 6.75. The van der Waals surface area contributed by atoms with Gasteiger partial charge in [-0.2, -0.15) is 0 Å². The lowest BCUT2D eigenvalue weighted by Crippen LogP contribution is -2.45. The summed E-state index contributed by atoms with van der Waals surface area (Å²) in [6.07, 6.45) is 4.72. The van der Waals surface area contributed by atoms with E-state index in [1.165, 1.54) is 12.0 Å². The average Bonchev–Trinajstić information content (AvgIpc) is 2.34. The van der Waals surface area contributed by atoms with Crippen LogP contribution in [-0.4, -0.2) is 35.1 Å². The molecule has 1 saturated carbocycles. The molecule has 1 amide bonds. The largest absolute Gasteiger partial charge is 0.395 e. The van der Waals surface area contributed by atoms with Gasteiger partial charge in [-0.05, 0) is 31.2 Å². The van der Waals surface area contributed by atoms with E-state index in [4.69, 9.17) is 5.11 Å². The van der Waals surface area contributed by atoms with Gasteiger partial charge in [0.1, 0.15) is 0 Å². The van der Waals surface area contributed by atoms with Gasteiger partial charge in [0.05, 0.1) is 6.61 Å². The molecular weight excluding hydrogens is 226 g/mol. The van der Waals surface area contributed by atoms with E-state index in [1.54, 1.807) is 0 Å². The summed E-state index contributed by atoms with van der Waals surface area (Å²) < 4.78 is 0. The molecule has 0 radical (unpaired) electrons. The van der Waals surface area contributed by atoms with Gasteiger partial charge in [0, 0.05) is 19.0 Å². The van der Waals surface area contributed by atoms with Crippen LogP contribution in [0.3, 0.4) is 0 Å². The normalized spacial score (nSPS) is 15.2. The summed E-state index contributed by atoms with van der Waals surface area (Å²) in [5.41, 5.74) is 1.20. The number of aliphatic hydroxyl groups is 1. The first kappa shape index (κ1) is 13.1. The van der Waals surface area contributed by atoms with Crippen molar-refractivity contribution >= 4 is 5.91 Å². The number of nitrogens with zero attached hydrogens (tertiary/aromatic N) is 1. The quantitative estimate of drug-likeness (QED) is 0.835. The number of benzene rings is 1. The van der Waals surface area contributed by atoms with Crippen molar-refractivity contribution in [1.29, 1.82) is 0 Å². The van der Waals surface area contributed by atoms with E-state index in [2.05, 4.69) is 0 Å². The van der Waals surface area contributed by atoms with Gasteiger partial charge in [-0.1, -0.05) is 30.3 Å². The van der Waals surface area contributed by atoms with Gasteiger partial charge in [0.25, 0.3) is 0 Å². The van der Waals surface area contributed by atoms with Crippen molar-refractivity contribution in [3.8, 4) is 0 Å². The summed E-state index contributed by atoms with van der Waals surface area (Å²) in [7, 11) is 0. The molecule has 0 aromatic heterocycles. The van der Waals surface area contributed by atoms with Crippen LogP contribution < -0.4 is 0 Å². The van der Waals surface area contributed by atoms with Crippen LogP contribution in [0.2, 0.25) is 0 Å². The summed E-state index contributed by atoms with van der Waals surface area (Å²) in [5.74, 6) is 0.178. The van der Waals surface area contributed by atoms with Crippen molar-refractivity contribution in [2.24, 2.45) is 0 Å². The highest BCUT2D eigenvalue weighted by atomic mass is 16.3. The van der Waals surface area contributed by atoms with E-state index in [9.17, 15) is 4.79 Å². The molecule has 1 aliphatic carbocycles. The first-order chi connectivity index (χ1) is 8.81. The van der Waals surface area contributed by atoms with Crippen molar-refractivity contribution in [3.63, 3.8) is 0 Å². The van der Waals surface area contributed by atoms with Crippen molar-refractivity contribution in [2.75, 3.05) is 13.2 Å². The molecule has 98 valence electrons. The Bertz CT molecular complexity index is 373. The molecule has 0 bridgehead atoms. The zero-order chi connectivity index (χ0) is 12.8. The maximum atomic E-state index is 12.2. The fourth-order valence-corrected chi connectivity index (χ4v) is 2.36. The Morgan fingerprint density at radius 3 is 2.56 bits per heavy atom. The number of carbonyl (C=O) groups excluding carboxylic acids is 1. The molecule has 1 fully saturated rings. The maximum Gasteiger partial charge on any atom is 0.223 e. The van der Waals surface area contributed by atoms with Gasteiger partial charge in [-0.3, -0.25) is 4.79 Å². The van der Waals surface area contributed by atoms with Crippen molar-refractivity contribution < 1.29 is 9.90 Å². The Morgan fingerprint density at radius 2 is 2.00 bits per heavy atom. The predicted molar refractivity (Wildman–Crippen MR) is 71.2 cm³/mol. The molecule has 0 spiro atoms. The van der Waals surface area contributed by atoms with E-state index >= 15 is 0 Å². The average molecular weight is 247 g/mol. The number of hydrogen-bond acceptors (Lipinski definition) is 2. The standard InChI is InChI=1S/C15H21NO2/c17-12-11-16(14-7-4-8-14)15(18)10-9-13-5-2-1-3-6-13/h1-3,5-6,14,17H,4,7-12H2. The lowest BCUT2D eigenvalue weighted by molar-refractivity contribution is -0.135. The zero-order valence-corrected chi connectivity index (χ0v) is 10.7.